The van der Waals surface area contributed by atoms with E-state index in [-0.39, 0.29) is 5.92 Å². The van der Waals surface area contributed by atoms with E-state index in [0.29, 0.717) is 23.1 Å². The van der Waals surface area contributed by atoms with E-state index in [1.54, 1.807) is 20.3 Å². The number of methoxy groups -OCH3 is 2. The molecule has 84 valence electrons. The van der Waals surface area contributed by atoms with Crippen molar-refractivity contribution in [2.45, 2.75) is 12.8 Å². The molecule has 0 amide bonds. The maximum absolute atomic E-state index is 5.98. The monoisotopic (exact) mass is 229 g/mol. The Morgan fingerprint density at radius 1 is 1.33 bits per heavy atom. The lowest BCUT2D eigenvalue weighted by atomic mass is 10.00. The predicted molar refractivity (Wildman–Crippen MR) is 62.0 cm³/mol. The van der Waals surface area contributed by atoms with Gasteiger partial charge in [0, 0.05) is 16.7 Å². The van der Waals surface area contributed by atoms with Gasteiger partial charge in [0.05, 0.1) is 14.2 Å². The van der Waals surface area contributed by atoms with Gasteiger partial charge in [-0.15, -0.1) is 0 Å². The van der Waals surface area contributed by atoms with Gasteiger partial charge in [-0.3, -0.25) is 0 Å². The minimum absolute atomic E-state index is 0.188. The van der Waals surface area contributed by atoms with Gasteiger partial charge in [-0.2, -0.15) is 0 Å². The standard InChI is InChI=1S/C11H16ClNO2/c1-7(6-13)9-4-8(12)5-10(14-2)11(9)15-3/h4-5,7H,6,13H2,1-3H3. The van der Waals surface area contributed by atoms with Gasteiger partial charge in [0.2, 0.25) is 0 Å². The number of hydrogen-bond donors (Lipinski definition) is 1. The van der Waals surface area contributed by atoms with Crippen LogP contribution in [-0.2, 0) is 0 Å². The van der Waals surface area contributed by atoms with Crippen molar-refractivity contribution in [3.8, 4) is 11.5 Å². The molecular formula is C11H16ClNO2. The average Bonchev–Trinajstić information content (AvgIpc) is 2.26. The lowest BCUT2D eigenvalue weighted by molar-refractivity contribution is 0.350. The van der Waals surface area contributed by atoms with Crippen LogP contribution >= 0.6 is 11.6 Å². The Balaban J connectivity index is 3.28. The molecule has 0 heterocycles. The highest BCUT2D eigenvalue weighted by molar-refractivity contribution is 6.30. The van der Waals surface area contributed by atoms with Gasteiger partial charge in [-0.25, -0.2) is 0 Å². The molecule has 0 saturated heterocycles. The molecule has 4 heteroatoms. The molecule has 0 aliphatic heterocycles. The Labute approximate surface area is 95.1 Å². The Morgan fingerprint density at radius 2 is 2.00 bits per heavy atom. The van der Waals surface area contributed by atoms with E-state index in [0.717, 1.165) is 5.56 Å². The molecule has 3 nitrogen and oxygen atoms in total. The summed E-state index contributed by atoms with van der Waals surface area (Å²) in [6, 6.07) is 3.59. The Bertz CT molecular complexity index is 342. The third-order valence-corrected chi connectivity index (χ3v) is 2.58. The number of ether oxygens (including phenoxy) is 2. The van der Waals surface area contributed by atoms with E-state index in [1.807, 2.05) is 13.0 Å². The fraction of sp³-hybridized carbons (Fsp3) is 0.455. The van der Waals surface area contributed by atoms with Crippen molar-refractivity contribution in [2.24, 2.45) is 5.73 Å². The smallest absolute Gasteiger partial charge is 0.164 e. The molecule has 0 bridgehead atoms. The lowest BCUT2D eigenvalue weighted by Crippen LogP contribution is -2.10. The second kappa shape index (κ2) is 5.24. The van der Waals surface area contributed by atoms with E-state index in [2.05, 4.69) is 0 Å². The molecule has 2 N–H and O–H groups in total. The summed E-state index contributed by atoms with van der Waals surface area (Å²) in [7, 11) is 3.20. The van der Waals surface area contributed by atoms with Crippen LogP contribution in [0.4, 0.5) is 0 Å². The summed E-state index contributed by atoms with van der Waals surface area (Å²) >= 11 is 5.98. The van der Waals surface area contributed by atoms with Crippen molar-refractivity contribution in [2.75, 3.05) is 20.8 Å². The first kappa shape index (κ1) is 12.1. The molecule has 1 aromatic rings. The van der Waals surface area contributed by atoms with Crippen molar-refractivity contribution < 1.29 is 9.47 Å². The molecule has 1 unspecified atom stereocenters. The number of nitrogens with two attached hydrogens (primary N) is 1. The quantitative estimate of drug-likeness (QED) is 0.863. The van der Waals surface area contributed by atoms with Crippen LogP contribution in [0.2, 0.25) is 5.02 Å². The SMILES string of the molecule is COc1cc(Cl)cc(C(C)CN)c1OC. The van der Waals surface area contributed by atoms with Gasteiger partial charge in [0.1, 0.15) is 0 Å². The number of halogens is 1. The minimum Gasteiger partial charge on any atom is -0.493 e. The molecule has 0 aliphatic carbocycles. The van der Waals surface area contributed by atoms with Crippen molar-refractivity contribution in [1.29, 1.82) is 0 Å². The van der Waals surface area contributed by atoms with Crippen LogP contribution in [0.15, 0.2) is 12.1 Å². The van der Waals surface area contributed by atoms with Crippen LogP contribution in [0.5, 0.6) is 11.5 Å². The van der Waals surface area contributed by atoms with Crippen LogP contribution in [0, 0.1) is 0 Å². The van der Waals surface area contributed by atoms with Gasteiger partial charge < -0.3 is 15.2 Å². The van der Waals surface area contributed by atoms with Gasteiger partial charge in [0.15, 0.2) is 11.5 Å². The molecule has 1 aromatic carbocycles. The second-order valence-corrected chi connectivity index (χ2v) is 3.80. The van der Waals surface area contributed by atoms with Crippen LogP contribution in [0.1, 0.15) is 18.4 Å². The number of benzene rings is 1. The molecule has 15 heavy (non-hydrogen) atoms. The third kappa shape index (κ3) is 2.55. The second-order valence-electron chi connectivity index (χ2n) is 3.37. The van der Waals surface area contributed by atoms with Crippen molar-refractivity contribution >= 4 is 11.6 Å². The highest BCUT2D eigenvalue weighted by Gasteiger charge is 2.15. The zero-order valence-electron chi connectivity index (χ0n) is 9.21. The fourth-order valence-corrected chi connectivity index (χ4v) is 1.67. The minimum atomic E-state index is 0.188. The Morgan fingerprint density at radius 3 is 2.47 bits per heavy atom. The normalized spacial score (nSPS) is 12.3. The average molecular weight is 230 g/mol. The summed E-state index contributed by atoms with van der Waals surface area (Å²) in [6.45, 7) is 2.56. The van der Waals surface area contributed by atoms with Crippen LogP contribution in [-0.4, -0.2) is 20.8 Å². The molecule has 0 fully saturated rings. The van der Waals surface area contributed by atoms with Crippen molar-refractivity contribution in [3.05, 3.63) is 22.7 Å². The highest BCUT2D eigenvalue weighted by atomic mass is 35.5. The van der Waals surface area contributed by atoms with Gasteiger partial charge >= 0.3 is 0 Å². The van der Waals surface area contributed by atoms with Gasteiger partial charge in [0.25, 0.3) is 0 Å². The molecule has 0 spiro atoms. The Kier molecular flexibility index (Phi) is 4.24. The molecular weight excluding hydrogens is 214 g/mol. The molecule has 0 radical (unpaired) electrons. The maximum Gasteiger partial charge on any atom is 0.164 e. The molecule has 0 aromatic heterocycles. The number of rotatable bonds is 4. The van der Waals surface area contributed by atoms with Crippen LogP contribution in [0.3, 0.4) is 0 Å². The van der Waals surface area contributed by atoms with Crippen molar-refractivity contribution in [1.82, 2.24) is 0 Å². The molecule has 0 aliphatic rings. The van der Waals surface area contributed by atoms with E-state index >= 15 is 0 Å². The highest BCUT2D eigenvalue weighted by Crippen LogP contribution is 2.37. The first-order chi connectivity index (χ1) is 7.13. The summed E-state index contributed by atoms with van der Waals surface area (Å²) < 4.78 is 10.5. The van der Waals surface area contributed by atoms with E-state index in [4.69, 9.17) is 26.8 Å². The topological polar surface area (TPSA) is 44.5 Å². The molecule has 0 saturated carbocycles. The summed E-state index contributed by atoms with van der Waals surface area (Å²) in [6.07, 6.45) is 0. The zero-order chi connectivity index (χ0) is 11.4. The first-order valence-corrected chi connectivity index (χ1v) is 5.13. The number of hydrogen-bond acceptors (Lipinski definition) is 3. The first-order valence-electron chi connectivity index (χ1n) is 4.75. The zero-order valence-corrected chi connectivity index (χ0v) is 9.97. The maximum atomic E-state index is 5.98. The summed E-state index contributed by atoms with van der Waals surface area (Å²) in [5.41, 5.74) is 6.61. The van der Waals surface area contributed by atoms with Crippen molar-refractivity contribution in [3.63, 3.8) is 0 Å². The van der Waals surface area contributed by atoms with Crippen LogP contribution in [0.25, 0.3) is 0 Å². The van der Waals surface area contributed by atoms with Crippen LogP contribution < -0.4 is 15.2 Å². The van der Waals surface area contributed by atoms with E-state index < -0.39 is 0 Å². The van der Waals surface area contributed by atoms with Gasteiger partial charge in [-0.05, 0) is 18.5 Å². The molecule has 1 rings (SSSR count). The summed E-state index contributed by atoms with van der Waals surface area (Å²) in [5, 5.41) is 0.628. The predicted octanol–water partition coefficient (Wildman–Crippen LogP) is 2.42. The summed E-state index contributed by atoms with van der Waals surface area (Å²) in [4.78, 5) is 0. The van der Waals surface area contributed by atoms with Gasteiger partial charge in [-0.1, -0.05) is 18.5 Å². The Hall–Kier alpha value is -0.930. The summed E-state index contributed by atoms with van der Waals surface area (Å²) in [5.74, 6) is 1.53. The van der Waals surface area contributed by atoms with E-state index in [1.165, 1.54) is 0 Å². The largest absolute Gasteiger partial charge is 0.493 e. The van der Waals surface area contributed by atoms with E-state index in [9.17, 15) is 0 Å². The fourth-order valence-electron chi connectivity index (χ4n) is 1.45. The third-order valence-electron chi connectivity index (χ3n) is 2.36. The molecule has 1 atom stereocenters. The lowest BCUT2D eigenvalue weighted by Gasteiger charge is -2.17.